The molecule has 1 aromatic carbocycles. The molecule has 0 aliphatic carbocycles. The van der Waals surface area contributed by atoms with E-state index < -0.39 is 4.92 Å². The lowest BCUT2D eigenvalue weighted by Crippen LogP contribution is -2.44. The summed E-state index contributed by atoms with van der Waals surface area (Å²) in [6.45, 7) is 5.46. The number of phenols is 1. The average Bonchev–Trinajstić information content (AvgIpc) is 2.41. The minimum Gasteiger partial charge on any atom is -0.506 e. The molecule has 0 amide bonds. The van der Waals surface area contributed by atoms with Gasteiger partial charge in [-0.2, -0.15) is 0 Å². The van der Waals surface area contributed by atoms with Crippen molar-refractivity contribution in [1.29, 1.82) is 0 Å². The maximum Gasteiger partial charge on any atom is 0.271 e. The van der Waals surface area contributed by atoms with Crippen LogP contribution in [0, 0.1) is 10.1 Å². The molecule has 21 heavy (non-hydrogen) atoms. The number of benzene rings is 1. The number of aromatic hydroxyl groups is 1. The summed E-state index contributed by atoms with van der Waals surface area (Å²) in [4.78, 5) is 12.6. The van der Waals surface area contributed by atoms with Crippen molar-refractivity contribution in [2.45, 2.75) is 13.0 Å². The highest BCUT2D eigenvalue weighted by Crippen LogP contribution is 2.37. The molecule has 2 N–H and O–H groups in total. The molecule has 1 heterocycles. The lowest BCUT2D eigenvalue weighted by Gasteiger charge is -2.33. The maximum absolute atomic E-state index is 10.9. The summed E-state index contributed by atoms with van der Waals surface area (Å²) in [5, 5.41) is 24.2. The Morgan fingerprint density at radius 1 is 1.38 bits per heavy atom. The molecule has 0 spiro atoms. The summed E-state index contributed by atoms with van der Waals surface area (Å²) in [5.74, 6) is 0.0802. The van der Waals surface area contributed by atoms with Crippen LogP contribution in [0.25, 0.3) is 0 Å². The predicted octanol–water partition coefficient (Wildman–Crippen LogP) is 2.87. The predicted molar refractivity (Wildman–Crippen MR) is 89.8 cm³/mol. The van der Waals surface area contributed by atoms with Gasteiger partial charge in [0.15, 0.2) is 0 Å². The number of non-ortho nitro benzene ring substituents is 1. The number of nitro benzene ring substituents is 1. The molecule has 2 rings (SSSR count). The van der Waals surface area contributed by atoms with Crippen LogP contribution < -0.4 is 5.32 Å². The zero-order chi connectivity index (χ0) is 14.0. The van der Waals surface area contributed by atoms with Gasteiger partial charge in [-0.3, -0.25) is 15.0 Å². The van der Waals surface area contributed by atoms with E-state index in [0.717, 1.165) is 26.2 Å². The molecule has 6 nitrogen and oxygen atoms in total. The second-order valence-corrected chi connectivity index (χ2v) is 5.44. The molecule has 0 radical (unpaired) electrons. The number of phenolic OH excluding ortho intramolecular Hbond substituents is 1. The molecule has 1 aliphatic heterocycles. The van der Waals surface area contributed by atoms with Gasteiger partial charge in [-0.15, -0.1) is 24.8 Å². The van der Waals surface area contributed by atoms with Crippen LogP contribution in [0.4, 0.5) is 5.69 Å². The standard InChI is InChI=1S/C12H16BrN3O3.2ClH/c1-8(15-4-2-14-3-5-15)10-6-9(16(18)19)7-11(13)12(10)17;;/h6-8,14,17H,2-5H2,1H3;2*1H/t8-;;/m1../s1. The third-order valence-corrected chi connectivity index (χ3v) is 4.04. The molecule has 1 saturated heterocycles. The monoisotopic (exact) mass is 401 g/mol. The maximum atomic E-state index is 10.9. The largest absolute Gasteiger partial charge is 0.506 e. The van der Waals surface area contributed by atoms with E-state index >= 15 is 0 Å². The van der Waals surface area contributed by atoms with Crippen LogP contribution in [0.2, 0.25) is 0 Å². The van der Waals surface area contributed by atoms with Gasteiger partial charge in [0.1, 0.15) is 5.75 Å². The Balaban J connectivity index is 0.00000200. The number of halogens is 3. The van der Waals surface area contributed by atoms with Crippen molar-refractivity contribution in [3.8, 4) is 5.75 Å². The second kappa shape index (κ2) is 8.75. The number of nitrogens with one attached hydrogen (secondary N) is 1. The molecule has 0 unspecified atom stereocenters. The molecule has 9 heteroatoms. The Labute approximate surface area is 144 Å². The SMILES string of the molecule is C[C@H](c1cc([N+](=O)[O-])cc(Br)c1O)N1CCNCC1.Cl.Cl. The Morgan fingerprint density at radius 2 is 1.95 bits per heavy atom. The molecule has 0 saturated carbocycles. The third kappa shape index (κ3) is 4.69. The molecule has 1 aromatic rings. The summed E-state index contributed by atoms with van der Waals surface area (Å²) in [6, 6.07) is 2.72. The number of hydrogen-bond donors (Lipinski definition) is 2. The highest BCUT2D eigenvalue weighted by atomic mass is 79.9. The summed E-state index contributed by atoms with van der Waals surface area (Å²) in [5.41, 5.74) is 0.574. The van der Waals surface area contributed by atoms with Crippen LogP contribution in [0.1, 0.15) is 18.5 Å². The van der Waals surface area contributed by atoms with E-state index in [4.69, 9.17) is 0 Å². The first-order valence-electron chi connectivity index (χ1n) is 6.12. The fourth-order valence-corrected chi connectivity index (χ4v) is 2.76. The molecule has 1 aliphatic rings. The quantitative estimate of drug-likeness (QED) is 0.600. The van der Waals surface area contributed by atoms with E-state index in [2.05, 4.69) is 26.1 Å². The molecular weight excluding hydrogens is 385 g/mol. The van der Waals surface area contributed by atoms with Crippen molar-refractivity contribution >= 4 is 46.4 Å². The Morgan fingerprint density at radius 3 is 2.48 bits per heavy atom. The zero-order valence-electron chi connectivity index (χ0n) is 11.4. The summed E-state index contributed by atoms with van der Waals surface area (Å²) in [7, 11) is 0. The van der Waals surface area contributed by atoms with Gasteiger partial charge >= 0.3 is 0 Å². The topological polar surface area (TPSA) is 78.6 Å². The van der Waals surface area contributed by atoms with Gasteiger partial charge in [-0.1, -0.05) is 0 Å². The number of rotatable bonds is 3. The van der Waals surface area contributed by atoms with E-state index in [9.17, 15) is 15.2 Å². The van der Waals surface area contributed by atoms with Crippen LogP contribution in [0.15, 0.2) is 16.6 Å². The van der Waals surface area contributed by atoms with E-state index in [0.29, 0.717) is 10.0 Å². The molecule has 120 valence electrons. The molecule has 0 bridgehead atoms. The number of nitrogens with zero attached hydrogens (tertiary/aromatic N) is 2. The first-order valence-corrected chi connectivity index (χ1v) is 6.91. The average molecular weight is 403 g/mol. The summed E-state index contributed by atoms with van der Waals surface area (Å²) in [6.07, 6.45) is 0. The Kier molecular flexibility index (Phi) is 8.50. The number of piperazine rings is 1. The van der Waals surface area contributed by atoms with Gasteiger partial charge in [0, 0.05) is 49.9 Å². The summed E-state index contributed by atoms with van der Waals surface area (Å²) < 4.78 is 0.360. The van der Waals surface area contributed by atoms with Crippen molar-refractivity contribution in [1.82, 2.24) is 10.2 Å². The second-order valence-electron chi connectivity index (χ2n) is 4.58. The van der Waals surface area contributed by atoms with E-state index in [-0.39, 0.29) is 42.3 Å². The van der Waals surface area contributed by atoms with Crippen LogP contribution in [-0.2, 0) is 0 Å². The van der Waals surface area contributed by atoms with Crippen molar-refractivity contribution in [2.24, 2.45) is 0 Å². The van der Waals surface area contributed by atoms with Gasteiger partial charge in [0.25, 0.3) is 5.69 Å². The van der Waals surface area contributed by atoms with E-state index in [1.165, 1.54) is 12.1 Å². The van der Waals surface area contributed by atoms with Crippen molar-refractivity contribution in [2.75, 3.05) is 26.2 Å². The van der Waals surface area contributed by atoms with Crippen LogP contribution >= 0.6 is 40.7 Å². The van der Waals surface area contributed by atoms with Gasteiger partial charge in [-0.05, 0) is 22.9 Å². The number of hydrogen-bond acceptors (Lipinski definition) is 5. The van der Waals surface area contributed by atoms with Crippen LogP contribution in [0.3, 0.4) is 0 Å². The van der Waals surface area contributed by atoms with Crippen molar-refractivity contribution in [3.63, 3.8) is 0 Å². The Hall–Kier alpha value is -0.600. The Bertz CT molecular complexity index is 499. The molecule has 1 atom stereocenters. The van der Waals surface area contributed by atoms with Gasteiger partial charge in [0.05, 0.1) is 9.40 Å². The molecule has 1 fully saturated rings. The minimum absolute atomic E-state index is 0. The van der Waals surface area contributed by atoms with Crippen molar-refractivity contribution in [3.05, 3.63) is 32.3 Å². The van der Waals surface area contributed by atoms with Crippen LogP contribution in [0.5, 0.6) is 5.75 Å². The van der Waals surface area contributed by atoms with Gasteiger partial charge < -0.3 is 10.4 Å². The fraction of sp³-hybridized carbons (Fsp3) is 0.500. The highest BCUT2D eigenvalue weighted by molar-refractivity contribution is 9.10. The van der Waals surface area contributed by atoms with Gasteiger partial charge in [-0.25, -0.2) is 0 Å². The van der Waals surface area contributed by atoms with Crippen molar-refractivity contribution < 1.29 is 10.0 Å². The zero-order valence-corrected chi connectivity index (χ0v) is 14.6. The normalized spacial score (nSPS) is 16.5. The van der Waals surface area contributed by atoms with Gasteiger partial charge in [0.2, 0.25) is 0 Å². The number of nitro groups is 1. The molecule has 0 aromatic heterocycles. The first-order chi connectivity index (χ1) is 9.00. The third-order valence-electron chi connectivity index (χ3n) is 3.44. The smallest absolute Gasteiger partial charge is 0.271 e. The van der Waals surface area contributed by atoms with Crippen LogP contribution in [-0.4, -0.2) is 41.1 Å². The van der Waals surface area contributed by atoms with E-state index in [1.807, 2.05) is 6.92 Å². The lowest BCUT2D eigenvalue weighted by molar-refractivity contribution is -0.385. The lowest BCUT2D eigenvalue weighted by atomic mass is 10.0. The summed E-state index contributed by atoms with van der Waals surface area (Å²) >= 11 is 3.17. The highest BCUT2D eigenvalue weighted by Gasteiger charge is 2.24. The fourth-order valence-electron chi connectivity index (χ4n) is 2.30. The first kappa shape index (κ1) is 20.4. The van der Waals surface area contributed by atoms with E-state index in [1.54, 1.807) is 0 Å². The minimum atomic E-state index is -0.446. The molecular formula is C12H18BrCl2N3O3.